The minimum atomic E-state index is -0.565. The lowest BCUT2D eigenvalue weighted by atomic mass is 10.1. The molecule has 0 bridgehead atoms. The average molecular weight is 367 g/mol. The highest BCUT2D eigenvalue weighted by Crippen LogP contribution is 2.24. The van der Waals surface area contributed by atoms with Gasteiger partial charge in [-0.1, -0.05) is 17.7 Å². The molecule has 2 aromatic carbocycles. The van der Waals surface area contributed by atoms with Crippen molar-refractivity contribution in [1.29, 1.82) is 0 Å². The number of anilines is 2. The SMILES string of the molecule is Cc1ccc(OC(C)C(=O)Nc2ccc(N3CCN(C)CC3)cc2C)cc1. The van der Waals surface area contributed by atoms with Crippen LogP contribution in [0.15, 0.2) is 42.5 Å². The second-order valence-corrected chi connectivity index (χ2v) is 7.35. The van der Waals surface area contributed by atoms with Gasteiger partial charge in [-0.25, -0.2) is 0 Å². The summed E-state index contributed by atoms with van der Waals surface area (Å²) in [4.78, 5) is 17.2. The molecule has 3 rings (SSSR count). The van der Waals surface area contributed by atoms with Crippen molar-refractivity contribution in [3.8, 4) is 5.75 Å². The van der Waals surface area contributed by atoms with Crippen LogP contribution in [0.25, 0.3) is 0 Å². The Morgan fingerprint density at radius 3 is 2.33 bits per heavy atom. The van der Waals surface area contributed by atoms with Gasteiger partial charge in [-0.2, -0.15) is 0 Å². The van der Waals surface area contributed by atoms with Crippen molar-refractivity contribution in [3.05, 3.63) is 53.6 Å². The second kappa shape index (κ2) is 8.44. The highest BCUT2D eigenvalue weighted by molar-refractivity contribution is 5.95. The molecule has 1 heterocycles. The van der Waals surface area contributed by atoms with E-state index >= 15 is 0 Å². The van der Waals surface area contributed by atoms with Crippen LogP contribution in [0.1, 0.15) is 18.1 Å². The lowest BCUT2D eigenvalue weighted by Gasteiger charge is -2.34. The summed E-state index contributed by atoms with van der Waals surface area (Å²) in [5.41, 5.74) is 4.26. The maximum Gasteiger partial charge on any atom is 0.265 e. The van der Waals surface area contributed by atoms with Gasteiger partial charge in [0.05, 0.1) is 0 Å². The second-order valence-electron chi connectivity index (χ2n) is 7.35. The lowest BCUT2D eigenvalue weighted by Crippen LogP contribution is -2.44. The van der Waals surface area contributed by atoms with Gasteiger partial charge in [0.25, 0.3) is 5.91 Å². The molecule has 0 spiro atoms. The van der Waals surface area contributed by atoms with Crippen LogP contribution in [-0.4, -0.2) is 50.1 Å². The summed E-state index contributed by atoms with van der Waals surface area (Å²) in [7, 11) is 2.15. The standard InChI is InChI=1S/C22H29N3O2/c1-16-5-8-20(9-6-16)27-18(3)22(26)23-21-10-7-19(15-17(21)2)25-13-11-24(4)12-14-25/h5-10,15,18H,11-14H2,1-4H3,(H,23,26). The Bertz CT molecular complexity index is 781. The van der Waals surface area contributed by atoms with E-state index in [9.17, 15) is 4.79 Å². The lowest BCUT2D eigenvalue weighted by molar-refractivity contribution is -0.122. The molecule has 1 aliphatic rings. The molecule has 0 aromatic heterocycles. The number of aryl methyl sites for hydroxylation is 2. The fourth-order valence-corrected chi connectivity index (χ4v) is 3.16. The summed E-state index contributed by atoms with van der Waals surface area (Å²) >= 11 is 0. The number of hydrogen-bond acceptors (Lipinski definition) is 4. The van der Waals surface area contributed by atoms with Gasteiger partial charge in [-0.3, -0.25) is 4.79 Å². The van der Waals surface area contributed by atoms with Crippen molar-refractivity contribution in [2.24, 2.45) is 0 Å². The van der Waals surface area contributed by atoms with Crippen LogP contribution in [0.2, 0.25) is 0 Å². The number of amides is 1. The molecule has 0 radical (unpaired) electrons. The Morgan fingerprint density at radius 2 is 1.70 bits per heavy atom. The molecular weight excluding hydrogens is 338 g/mol. The van der Waals surface area contributed by atoms with E-state index in [0.717, 1.165) is 43.0 Å². The minimum absolute atomic E-state index is 0.147. The van der Waals surface area contributed by atoms with Gasteiger partial charge in [-0.15, -0.1) is 0 Å². The van der Waals surface area contributed by atoms with E-state index in [1.54, 1.807) is 6.92 Å². The van der Waals surface area contributed by atoms with Gasteiger partial charge in [-0.05, 0) is 63.7 Å². The Morgan fingerprint density at radius 1 is 1.04 bits per heavy atom. The first-order chi connectivity index (χ1) is 12.9. The van der Waals surface area contributed by atoms with Crippen molar-refractivity contribution in [2.45, 2.75) is 26.9 Å². The van der Waals surface area contributed by atoms with Gasteiger partial charge in [0.2, 0.25) is 0 Å². The number of hydrogen-bond donors (Lipinski definition) is 1. The first kappa shape index (κ1) is 19.2. The van der Waals surface area contributed by atoms with Gasteiger partial charge in [0.1, 0.15) is 5.75 Å². The Balaban J connectivity index is 1.61. The Hall–Kier alpha value is -2.53. The maximum atomic E-state index is 12.5. The molecule has 1 amide bonds. The first-order valence-corrected chi connectivity index (χ1v) is 9.51. The van der Waals surface area contributed by atoms with E-state index in [2.05, 4.69) is 34.3 Å². The predicted octanol–water partition coefficient (Wildman–Crippen LogP) is 3.46. The average Bonchev–Trinajstić information content (AvgIpc) is 2.65. The zero-order valence-corrected chi connectivity index (χ0v) is 16.7. The van der Waals surface area contributed by atoms with Crippen LogP contribution in [-0.2, 0) is 4.79 Å². The number of carbonyl (C=O) groups is 1. The van der Waals surface area contributed by atoms with Crippen LogP contribution in [0.3, 0.4) is 0 Å². The zero-order chi connectivity index (χ0) is 19.4. The van der Waals surface area contributed by atoms with Crippen LogP contribution in [0.4, 0.5) is 11.4 Å². The fourth-order valence-electron chi connectivity index (χ4n) is 3.16. The number of benzene rings is 2. The minimum Gasteiger partial charge on any atom is -0.481 e. The zero-order valence-electron chi connectivity index (χ0n) is 16.7. The number of ether oxygens (including phenoxy) is 1. The topological polar surface area (TPSA) is 44.8 Å². The van der Waals surface area contributed by atoms with Crippen molar-refractivity contribution in [3.63, 3.8) is 0 Å². The van der Waals surface area contributed by atoms with E-state index < -0.39 is 6.10 Å². The Labute approximate surface area is 161 Å². The summed E-state index contributed by atoms with van der Waals surface area (Å²) < 4.78 is 5.75. The molecule has 1 unspecified atom stereocenters. The van der Waals surface area contributed by atoms with Crippen molar-refractivity contribution in [2.75, 3.05) is 43.4 Å². The third-order valence-corrected chi connectivity index (χ3v) is 5.04. The molecule has 0 saturated carbocycles. The molecule has 27 heavy (non-hydrogen) atoms. The van der Waals surface area contributed by atoms with E-state index in [1.807, 2.05) is 44.2 Å². The summed E-state index contributed by atoms with van der Waals surface area (Å²) in [5, 5.41) is 2.99. The number of rotatable bonds is 5. The molecule has 1 N–H and O–H groups in total. The third-order valence-electron chi connectivity index (χ3n) is 5.04. The number of nitrogens with zero attached hydrogens (tertiary/aromatic N) is 2. The van der Waals surface area contributed by atoms with Crippen LogP contribution in [0, 0.1) is 13.8 Å². The number of nitrogens with one attached hydrogen (secondary N) is 1. The molecule has 1 aliphatic heterocycles. The van der Waals surface area contributed by atoms with E-state index in [1.165, 1.54) is 5.69 Å². The molecule has 1 atom stereocenters. The number of piperazine rings is 1. The third kappa shape index (κ3) is 5.01. The van der Waals surface area contributed by atoms with E-state index in [4.69, 9.17) is 4.74 Å². The van der Waals surface area contributed by atoms with Crippen LogP contribution < -0.4 is 15.0 Å². The normalized spacial score (nSPS) is 16.1. The molecule has 5 nitrogen and oxygen atoms in total. The summed E-state index contributed by atoms with van der Waals surface area (Å²) in [6, 6.07) is 13.9. The van der Waals surface area contributed by atoms with Crippen LogP contribution in [0.5, 0.6) is 5.75 Å². The first-order valence-electron chi connectivity index (χ1n) is 9.51. The Kier molecular flexibility index (Phi) is 6.01. The maximum absolute atomic E-state index is 12.5. The molecule has 5 heteroatoms. The van der Waals surface area contributed by atoms with Crippen molar-refractivity contribution in [1.82, 2.24) is 4.90 Å². The van der Waals surface area contributed by atoms with E-state index in [0.29, 0.717) is 5.75 Å². The van der Waals surface area contributed by atoms with Crippen LogP contribution >= 0.6 is 0 Å². The molecule has 1 saturated heterocycles. The largest absolute Gasteiger partial charge is 0.481 e. The quantitative estimate of drug-likeness (QED) is 0.879. The van der Waals surface area contributed by atoms with E-state index in [-0.39, 0.29) is 5.91 Å². The van der Waals surface area contributed by atoms with Crippen molar-refractivity contribution < 1.29 is 9.53 Å². The van der Waals surface area contributed by atoms with Gasteiger partial charge in [0.15, 0.2) is 6.10 Å². The number of carbonyl (C=O) groups excluding carboxylic acids is 1. The fraction of sp³-hybridized carbons (Fsp3) is 0.409. The molecular formula is C22H29N3O2. The predicted molar refractivity (Wildman–Crippen MR) is 111 cm³/mol. The summed E-state index contributed by atoms with van der Waals surface area (Å²) in [6.45, 7) is 10.0. The molecule has 144 valence electrons. The number of likely N-dealkylation sites (N-methyl/N-ethyl adjacent to an activating group) is 1. The van der Waals surface area contributed by atoms with Crippen molar-refractivity contribution >= 4 is 17.3 Å². The summed E-state index contributed by atoms with van der Waals surface area (Å²) in [5.74, 6) is 0.552. The van der Waals surface area contributed by atoms with Gasteiger partial charge in [0, 0.05) is 37.6 Å². The summed E-state index contributed by atoms with van der Waals surface area (Å²) in [6.07, 6.45) is -0.565. The molecule has 2 aromatic rings. The highest BCUT2D eigenvalue weighted by Gasteiger charge is 2.18. The smallest absolute Gasteiger partial charge is 0.265 e. The molecule has 1 fully saturated rings. The van der Waals surface area contributed by atoms with Gasteiger partial charge < -0.3 is 19.9 Å². The molecule has 0 aliphatic carbocycles. The highest BCUT2D eigenvalue weighted by atomic mass is 16.5. The van der Waals surface area contributed by atoms with Gasteiger partial charge >= 0.3 is 0 Å². The monoisotopic (exact) mass is 367 g/mol.